The van der Waals surface area contributed by atoms with Gasteiger partial charge in [0.25, 0.3) is 0 Å². The average molecular weight is 211 g/mol. The van der Waals surface area contributed by atoms with Crippen molar-refractivity contribution >= 4 is 0 Å². The Hall–Kier alpha value is -0.0800. The molecule has 1 aliphatic carbocycles. The summed E-state index contributed by atoms with van der Waals surface area (Å²) in [6.45, 7) is 6.61. The minimum atomic E-state index is 0.641. The molecule has 1 heterocycles. The Bertz CT molecular complexity index is 177. The van der Waals surface area contributed by atoms with E-state index in [1.54, 1.807) is 0 Å². The van der Waals surface area contributed by atoms with E-state index < -0.39 is 0 Å². The molecule has 2 fully saturated rings. The van der Waals surface area contributed by atoms with Crippen LogP contribution >= 0.6 is 0 Å². The van der Waals surface area contributed by atoms with Crippen LogP contribution in [0.3, 0.4) is 0 Å². The third-order valence-electron chi connectivity index (χ3n) is 4.05. The second-order valence-corrected chi connectivity index (χ2v) is 5.25. The maximum absolute atomic E-state index is 5.46. The van der Waals surface area contributed by atoms with Crippen molar-refractivity contribution in [3.8, 4) is 0 Å². The number of nitrogens with zero attached hydrogens (tertiary/aromatic N) is 1. The molecule has 0 N–H and O–H groups in total. The largest absolute Gasteiger partial charge is 0.379 e. The molecule has 15 heavy (non-hydrogen) atoms. The van der Waals surface area contributed by atoms with Crippen molar-refractivity contribution in [2.75, 3.05) is 26.3 Å². The van der Waals surface area contributed by atoms with Gasteiger partial charge in [0.05, 0.1) is 13.2 Å². The van der Waals surface area contributed by atoms with E-state index in [4.69, 9.17) is 4.74 Å². The zero-order chi connectivity index (χ0) is 10.5. The maximum atomic E-state index is 5.46. The molecule has 0 aromatic rings. The minimum absolute atomic E-state index is 0.641. The Morgan fingerprint density at radius 2 is 2.00 bits per heavy atom. The number of hydrogen-bond acceptors (Lipinski definition) is 2. The standard InChI is InChI=1S/C13H25NO/c1-12-11-15-10-9-14(12)8-7-13-5-3-2-4-6-13/h12-13H,2-11H2,1H3. The molecule has 1 saturated heterocycles. The van der Waals surface area contributed by atoms with Crippen molar-refractivity contribution in [3.05, 3.63) is 0 Å². The fourth-order valence-electron chi connectivity index (χ4n) is 2.92. The number of hydrogen-bond donors (Lipinski definition) is 0. The summed E-state index contributed by atoms with van der Waals surface area (Å²) >= 11 is 0. The van der Waals surface area contributed by atoms with Crippen LogP contribution in [0.5, 0.6) is 0 Å². The molecule has 0 spiro atoms. The lowest BCUT2D eigenvalue weighted by atomic mass is 9.87. The van der Waals surface area contributed by atoms with Gasteiger partial charge in [-0.1, -0.05) is 32.1 Å². The van der Waals surface area contributed by atoms with E-state index in [2.05, 4.69) is 11.8 Å². The van der Waals surface area contributed by atoms with Crippen molar-refractivity contribution in [3.63, 3.8) is 0 Å². The van der Waals surface area contributed by atoms with Gasteiger partial charge < -0.3 is 4.74 Å². The van der Waals surface area contributed by atoms with E-state index in [0.717, 1.165) is 25.7 Å². The second kappa shape index (κ2) is 5.86. The molecular weight excluding hydrogens is 186 g/mol. The molecule has 88 valence electrons. The SMILES string of the molecule is CC1COCCN1CCC1CCCCC1. The number of ether oxygens (including phenoxy) is 1. The molecule has 1 saturated carbocycles. The summed E-state index contributed by atoms with van der Waals surface area (Å²) in [7, 11) is 0. The molecule has 0 radical (unpaired) electrons. The quantitative estimate of drug-likeness (QED) is 0.711. The van der Waals surface area contributed by atoms with Gasteiger partial charge in [-0.15, -0.1) is 0 Å². The topological polar surface area (TPSA) is 12.5 Å². The molecule has 1 aliphatic heterocycles. The molecule has 1 atom stereocenters. The normalized spacial score (nSPS) is 30.6. The summed E-state index contributed by atoms with van der Waals surface area (Å²) in [5.74, 6) is 1.02. The number of rotatable bonds is 3. The van der Waals surface area contributed by atoms with Gasteiger partial charge in [0, 0.05) is 12.6 Å². The first kappa shape index (κ1) is 11.4. The van der Waals surface area contributed by atoms with Crippen LogP contribution in [0.15, 0.2) is 0 Å². The summed E-state index contributed by atoms with van der Waals surface area (Å²) in [5, 5.41) is 0. The minimum Gasteiger partial charge on any atom is -0.379 e. The van der Waals surface area contributed by atoms with Gasteiger partial charge in [-0.25, -0.2) is 0 Å². The van der Waals surface area contributed by atoms with Crippen molar-refractivity contribution in [1.29, 1.82) is 0 Å². The van der Waals surface area contributed by atoms with E-state index in [9.17, 15) is 0 Å². The predicted molar refractivity (Wildman–Crippen MR) is 63.0 cm³/mol. The highest BCUT2D eigenvalue weighted by Crippen LogP contribution is 2.26. The van der Waals surface area contributed by atoms with Gasteiger partial charge in [-0.05, 0) is 25.8 Å². The van der Waals surface area contributed by atoms with Crippen molar-refractivity contribution in [2.24, 2.45) is 5.92 Å². The van der Waals surface area contributed by atoms with Gasteiger partial charge in [-0.2, -0.15) is 0 Å². The fraction of sp³-hybridized carbons (Fsp3) is 1.00. The first-order valence-electron chi connectivity index (χ1n) is 6.68. The molecule has 0 aromatic carbocycles. The van der Waals surface area contributed by atoms with Crippen LogP contribution < -0.4 is 0 Å². The van der Waals surface area contributed by atoms with E-state index in [1.807, 2.05) is 0 Å². The number of morpholine rings is 1. The smallest absolute Gasteiger partial charge is 0.0619 e. The van der Waals surface area contributed by atoms with E-state index >= 15 is 0 Å². The highest BCUT2D eigenvalue weighted by atomic mass is 16.5. The Kier molecular flexibility index (Phi) is 4.45. The second-order valence-electron chi connectivity index (χ2n) is 5.25. The van der Waals surface area contributed by atoms with Crippen LogP contribution in [-0.4, -0.2) is 37.2 Å². The zero-order valence-electron chi connectivity index (χ0n) is 10.1. The molecule has 0 bridgehead atoms. The predicted octanol–water partition coefficient (Wildman–Crippen LogP) is 2.68. The zero-order valence-corrected chi connectivity index (χ0v) is 10.1. The molecule has 2 nitrogen and oxygen atoms in total. The van der Waals surface area contributed by atoms with Gasteiger partial charge in [0.1, 0.15) is 0 Å². The fourth-order valence-corrected chi connectivity index (χ4v) is 2.92. The van der Waals surface area contributed by atoms with Crippen LogP contribution in [0.1, 0.15) is 45.4 Å². The Balaban J connectivity index is 1.67. The van der Waals surface area contributed by atoms with Gasteiger partial charge in [-0.3, -0.25) is 4.90 Å². The molecule has 2 aliphatic rings. The van der Waals surface area contributed by atoms with E-state index in [-0.39, 0.29) is 0 Å². The van der Waals surface area contributed by atoms with Crippen LogP contribution in [0.4, 0.5) is 0 Å². The van der Waals surface area contributed by atoms with Crippen LogP contribution in [0.25, 0.3) is 0 Å². The summed E-state index contributed by atoms with van der Waals surface area (Å²) < 4.78 is 5.46. The third kappa shape index (κ3) is 3.46. The average Bonchev–Trinajstić information content (AvgIpc) is 2.29. The first-order chi connectivity index (χ1) is 7.36. The van der Waals surface area contributed by atoms with Crippen molar-refractivity contribution in [1.82, 2.24) is 4.90 Å². The molecule has 0 amide bonds. The third-order valence-corrected chi connectivity index (χ3v) is 4.05. The van der Waals surface area contributed by atoms with Crippen LogP contribution in [0.2, 0.25) is 0 Å². The maximum Gasteiger partial charge on any atom is 0.0619 e. The monoisotopic (exact) mass is 211 g/mol. The summed E-state index contributed by atoms with van der Waals surface area (Å²) in [6, 6.07) is 0.641. The van der Waals surface area contributed by atoms with E-state index in [0.29, 0.717) is 6.04 Å². The lowest BCUT2D eigenvalue weighted by Crippen LogP contribution is -2.44. The lowest BCUT2D eigenvalue weighted by Gasteiger charge is -2.34. The van der Waals surface area contributed by atoms with Gasteiger partial charge >= 0.3 is 0 Å². The molecule has 2 heteroatoms. The summed E-state index contributed by atoms with van der Waals surface area (Å²) in [6.07, 6.45) is 8.82. The van der Waals surface area contributed by atoms with Crippen molar-refractivity contribution in [2.45, 2.75) is 51.5 Å². The molecule has 2 rings (SSSR count). The van der Waals surface area contributed by atoms with Gasteiger partial charge in [0.2, 0.25) is 0 Å². The van der Waals surface area contributed by atoms with Crippen LogP contribution in [-0.2, 0) is 4.74 Å². The Labute approximate surface area is 94.0 Å². The lowest BCUT2D eigenvalue weighted by molar-refractivity contribution is -0.00316. The Morgan fingerprint density at radius 1 is 1.20 bits per heavy atom. The molecule has 0 aromatic heterocycles. The van der Waals surface area contributed by atoms with Crippen molar-refractivity contribution < 1.29 is 4.74 Å². The van der Waals surface area contributed by atoms with E-state index in [1.165, 1.54) is 45.1 Å². The highest BCUT2D eigenvalue weighted by molar-refractivity contribution is 4.73. The molecular formula is C13H25NO. The first-order valence-corrected chi connectivity index (χ1v) is 6.68. The Morgan fingerprint density at radius 3 is 2.73 bits per heavy atom. The van der Waals surface area contributed by atoms with Crippen LogP contribution in [0, 0.1) is 5.92 Å². The van der Waals surface area contributed by atoms with Gasteiger partial charge in [0.15, 0.2) is 0 Å². The summed E-state index contributed by atoms with van der Waals surface area (Å²) in [5.41, 5.74) is 0. The molecule has 1 unspecified atom stereocenters. The highest BCUT2D eigenvalue weighted by Gasteiger charge is 2.20. The summed E-state index contributed by atoms with van der Waals surface area (Å²) in [4.78, 5) is 2.61.